The van der Waals surface area contributed by atoms with Crippen molar-refractivity contribution >= 4 is 22.4 Å². The molecule has 0 spiro atoms. The van der Waals surface area contributed by atoms with Crippen LogP contribution in [0.15, 0.2) is 0 Å². The minimum absolute atomic E-state index is 0.169. The maximum atomic E-state index is 11.2. The van der Waals surface area contributed by atoms with Gasteiger partial charge in [-0.3, -0.25) is 9.69 Å². The molecule has 1 aromatic heterocycles. The van der Waals surface area contributed by atoms with Crippen LogP contribution < -0.4 is 5.73 Å². The molecule has 6 heteroatoms. The largest absolute Gasteiger partial charge is 0.375 e. The van der Waals surface area contributed by atoms with Gasteiger partial charge in [0, 0.05) is 44.5 Å². The highest BCUT2D eigenvalue weighted by molar-refractivity contribution is 7.15. The first kappa shape index (κ1) is 12.3. The number of aromatic nitrogens is 1. The van der Waals surface area contributed by atoms with Crippen LogP contribution in [0.2, 0.25) is 0 Å². The molecule has 0 aliphatic carbocycles. The molecule has 0 atom stereocenters. The monoisotopic (exact) mass is 254 g/mol. The number of anilines is 1. The zero-order valence-electron chi connectivity index (χ0n) is 10.3. The van der Waals surface area contributed by atoms with Crippen LogP contribution in [0.5, 0.6) is 0 Å². The van der Waals surface area contributed by atoms with E-state index in [1.54, 1.807) is 18.3 Å². The van der Waals surface area contributed by atoms with Crippen molar-refractivity contribution in [3.05, 3.63) is 10.6 Å². The standard InChI is InChI=1S/C11H18N4OS/c1-8-10(17-11(12)13-8)7-14-3-5-15(6-4-14)9(2)16/h3-7H2,1-2H3,(H2,12,13). The lowest BCUT2D eigenvalue weighted by Crippen LogP contribution is -2.47. The average Bonchev–Trinajstić information content (AvgIpc) is 2.58. The molecule has 2 N–H and O–H groups in total. The second-order valence-electron chi connectivity index (χ2n) is 4.34. The van der Waals surface area contributed by atoms with Gasteiger partial charge in [0.05, 0.1) is 5.69 Å². The molecule has 0 radical (unpaired) electrons. The number of rotatable bonds is 2. The van der Waals surface area contributed by atoms with Crippen molar-refractivity contribution in [2.45, 2.75) is 20.4 Å². The third kappa shape index (κ3) is 2.95. The van der Waals surface area contributed by atoms with Crippen LogP contribution in [0.25, 0.3) is 0 Å². The van der Waals surface area contributed by atoms with Gasteiger partial charge in [0.25, 0.3) is 0 Å². The van der Waals surface area contributed by atoms with Gasteiger partial charge in [0.2, 0.25) is 5.91 Å². The molecule has 0 bridgehead atoms. The van der Waals surface area contributed by atoms with Crippen molar-refractivity contribution in [2.24, 2.45) is 0 Å². The van der Waals surface area contributed by atoms with E-state index in [2.05, 4.69) is 9.88 Å². The van der Waals surface area contributed by atoms with Gasteiger partial charge in [-0.1, -0.05) is 0 Å². The van der Waals surface area contributed by atoms with E-state index in [9.17, 15) is 4.79 Å². The first-order chi connectivity index (χ1) is 8.06. The van der Waals surface area contributed by atoms with Gasteiger partial charge in [0.1, 0.15) is 0 Å². The molecule has 1 amide bonds. The van der Waals surface area contributed by atoms with Gasteiger partial charge in [-0.15, -0.1) is 11.3 Å². The van der Waals surface area contributed by atoms with Gasteiger partial charge in [-0.25, -0.2) is 4.98 Å². The normalized spacial score (nSPS) is 17.4. The molecule has 2 rings (SSSR count). The Balaban J connectivity index is 1.90. The van der Waals surface area contributed by atoms with E-state index in [-0.39, 0.29) is 5.91 Å². The average molecular weight is 254 g/mol. The molecule has 17 heavy (non-hydrogen) atoms. The highest BCUT2D eigenvalue weighted by Gasteiger charge is 2.19. The Morgan fingerprint density at radius 1 is 1.41 bits per heavy atom. The fourth-order valence-electron chi connectivity index (χ4n) is 2.02. The van der Waals surface area contributed by atoms with E-state index in [4.69, 9.17) is 5.73 Å². The quantitative estimate of drug-likeness (QED) is 0.844. The smallest absolute Gasteiger partial charge is 0.219 e. The molecular weight excluding hydrogens is 236 g/mol. The van der Waals surface area contributed by atoms with Crippen LogP contribution in [-0.2, 0) is 11.3 Å². The van der Waals surface area contributed by atoms with Crippen LogP contribution in [0, 0.1) is 6.92 Å². The first-order valence-electron chi connectivity index (χ1n) is 5.76. The number of nitrogens with zero attached hydrogens (tertiary/aromatic N) is 3. The van der Waals surface area contributed by atoms with Crippen LogP contribution >= 0.6 is 11.3 Å². The lowest BCUT2D eigenvalue weighted by atomic mass is 10.3. The molecule has 1 fully saturated rings. The zero-order valence-corrected chi connectivity index (χ0v) is 11.1. The maximum Gasteiger partial charge on any atom is 0.219 e. The molecule has 1 aliphatic heterocycles. The Hall–Kier alpha value is -1.14. The van der Waals surface area contributed by atoms with Gasteiger partial charge < -0.3 is 10.6 Å². The van der Waals surface area contributed by atoms with Crippen LogP contribution in [0.4, 0.5) is 5.13 Å². The molecule has 0 unspecified atom stereocenters. The third-order valence-electron chi connectivity index (χ3n) is 3.09. The summed E-state index contributed by atoms with van der Waals surface area (Å²) >= 11 is 1.56. The van der Waals surface area contributed by atoms with E-state index < -0.39 is 0 Å². The molecule has 94 valence electrons. The number of thiazole rings is 1. The summed E-state index contributed by atoms with van der Waals surface area (Å²) in [6.45, 7) is 8.02. The van der Waals surface area contributed by atoms with Crippen LogP contribution in [0.3, 0.4) is 0 Å². The van der Waals surface area contributed by atoms with Crippen LogP contribution in [-0.4, -0.2) is 46.9 Å². The summed E-state index contributed by atoms with van der Waals surface area (Å²) in [7, 11) is 0. The second kappa shape index (κ2) is 5.01. The maximum absolute atomic E-state index is 11.2. The lowest BCUT2D eigenvalue weighted by molar-refractivity contribution is -0.130. The van der Waals surface area contributed by atoms with Gasteiger partial charge in [0.15, 0.2) is 5.13 Å². The topological polar surface area (TPSA) is 62.5 Å². The number of nitrogen functional groups attached to an aromatic ring is 1. The van der Waals surface area contributed by atoms with E-state index >= 15 is 0 Å². The van der Waals surface area contributed by atoms with Crippen molar-refractivity contribution in [1.29, 1.82) is 0 Å². The van der Waals surface area contributed by atoms with Crippen molar-refractivity contribution in [3.63, 3.8) is 0 Å². The van der Waals surface area contributed by atoms with Crippen LogP contribution in [0.1, 0.15) is 17.5 Å². The highest BCUT2D eigenvalue weighted by Crippen LogP contribution is 2.21. The summed E-state index contributed by atoms with van der Waals surface area (Å²) in [5.74, 6) is 0.169. The van der Waals surface area contributed by atoms with E-state index in [1.807, 2.05) is 11.8 Å². The predicted molar refractivity (Wildman–Crippen MR) is 68.8 cm³/mol. The molecule has 1 saturated heterocycles. The molecule has 5 nitrogen and oxygen atoms in total. The summed E-state index contributed by atoms with van der Waals surface area (Å²) < 4.78 is 0. The highest BCUT2D eigenvalue weighted by atomic mass is 32.1. The zero-order chi connectivity index (χ0) is 12.4. The Kier molecular flexibility index (Phi) is 3.63. The predicted octanol–water partition coefficient (Wildman–Crippen LogP) is 0.698. The fraction of sp³-hybridized carbons (Fsp3) is 0.636. The van der Waals surface area contributed by atoms with Crippen molar-refractivity contribution < 1.29 is 4.79 Å². The van der Waals surface area contributed by atoms with E-state index in [1.165, 1.54) is 4.88 Å². The summed E-state index contributed by atoms with van der Waals surface area (Å²) in [5.41, 5.74) is 6.71. The van der Waals surface area contributed by atoms with Crippen molar-refractivity contribution in [1.82, 2.24) is 14.8 Å². The summed E-state index contributed by atoms with van der Waals surface area (Å²) in [6, 6.07) is 0. The van der Waals surface area contributed by atoms with Gasteiger partial charge in [-0.05, 0) is 6.92 Å². The number of hydrogen-bond acceptors (Lipinski definition) is 5. The number of nitrogens with two attached hydrogens (primary N) is 1. The summed E-state index contributed by atoms with van der Waals surface area (Å²) in [6.07, 6.45) is 0. The van der Waals surface area contributed by atoms with E-state index in [0.717, 1.165) is 38.4 Å². The minimum atomic E-state index is 0.169. The lowest BCUT2D eigenvalue weighted by Gasteiger charge is -2.33. The number of amides is 1. The molecule has 2 heterocycles. The first-order valence-corrected chi connectivity index (χ1v) is 6.57. The summed E-state index contributed by atoms with van der Waals surface area (Å²) in [5, 5.41) is 0.639. The minimum Gasteiger partial charge on any atom is -0.375 e. The number of piperazine rings is 1. The Bertz CT molecular complexity index is 410. The third-order valence-corrected chi connectivity index (χ3v) is 4.07. The van der Waals surface area contributed by atoms with Gasteiger partial charge >= 0.3 is 0 Å². The SMILES string of the molecule is CC(=O)N1CCN(Cc2sc(N)nc2C)CC1. The van der Waals surface area contributed by atoms with Gasteiger partial charge in [-0.2, -0.15) is 0 Å². The molecular formula is C11H18N4OS. The summed E-state index contributed by atoms with van der Waals surface area (Å²) in [4.78, 5) is 20.9. The van der Waals surface area contributed by atoms with Crippen molar-refractivity contribution in [2.75, 3.05) is 31.9 Å². The number of carbonyl (C=O) groups excluding carboxylic acids is 1. The molecule has 1 aliphatic rings. The molecule has 0 aromatic carbocycles. The molecule has 0 saturated carbocycles. The fourth-order valence-corrected chi connectivity index (χ4v) is 2.90. The number of carbonyl (C=O) groups is 1. The Morgan fingerprint density at radius 2 is 2.06 bits per heavy atom. The number of aryl methyl sites for hydroxylation is 1. The Labute approximate surface area is 105 Å². The number of hydrogen-bond donors (Lipinski definition) is 1. The second-order valence-corrected chi connectivity index (χ2v) is 5.46. The Morgan fingerprint density at radius 3 is 2.53 bits per heavy atom. The van der Waals surface area contributed by atoms with Crippen molar-refractivity contribution in [3.8, 4) is 0 Å². The van der Waals surface area contributed by atoms with E-state index in [0.29, 0.717) is 5.13 Å². The molecule has 1 aromatic rings.